The topological polar surface area (TPSA) is 48.6 Å². The smallest absolute Gasteiger partial charge is 0.151 e. The van der Waals surface area contributed by atoms with E-state index in [1.165, 1.54) is 12.1 Å². The van der Waals surface area contributed by atoms with Gasteiger partial charge in [0.1, 0.15) is 18.2 Å². The van der Waals surface area contributed by atoms with E-state index in [0.29, 0.717) is 19.0 Å². The molecule has 0 aliphatic heterocycles. The number of oxime groups is 1. The largest absolute Gasteiger partial charge is 0.490 e. The van der Waals surface area contributed by atoms with Gasteiger partial charge in [0, 0.05) is 18.8 Å². The van der Waals surface area contributed by atoms with E-state index in [-0.39, 0.29) is 5.82 Å². The van der Waals surface area contributed by atoms with Crippen LogP contribution >= 0.6 is 0 Å². The molecule has 1 aromatic heterocycles. The standard InChI is InChI=1S/C14H16FN3O2/c1-11(12-9-16-18(2)10-12)17-20-8-7-19-14-5-3-13(15)4-6-14/h3-6,9-10H,7-8H2,1-2H3/b17-11+. The second kappa shape index (κ2) is 6.70. The molecule has 0 saturated heterocycles. The van der Waals surface area contributed by atoms with Gasteiger partial charge in [-0.05, 0) is 31.2 Å². The van der Waals surface area contributed by atoms with Crippen LogP contribution in [0.3, 0.4) is 0 Å². The number of hydrogen-bond donors (Lipinski definition) is 0. The molecule has 2 rings (SSSR count). The van der Waals surface area contributed by atoms with Crippen LogP contribution in [0.2, 0.25) is 0 Å². The summed E-state index contributed by atoms with van der Waals surface area (Å²) < 4.78 is 19.8. The van der Waals surface area contributed by atoms with Crippen LogP contribution in [-0.4, -0.2) is 28.7 Å². The highest BCUT2D eigenvalue weighted by molar-refractivity contribution is 5.97. The van der Waals surface area contributed by atoms with Gasteiger partial charge < -0.3 is 9.57 Å². The lowest BCUT2D eigenvalue weighted by molar-refractivity contribution is 0.107. The first-order valence-corrected chi connectivity index (χ1v) is 6.19. The number of aromatic nitrogens is 2. The highest BCUT2D eigenvalue weighted by Gasteiger charge is 2.00. The second-order valence-corrected chi connectivity index (χ2v) is 4.21. The summed E-state index contributed by atoms with van der Waals surface area (Å²) in [6.07, 6.45) is 3.58. The summed E-state index contributed by atoms with van der Waals surface area (Å²) in [5, 5.41) is 8.03. The van der Waals surface area contributed by atoms with Crippen LogP contribution in [0, 0.1) is 5.82 Å². The summed E-state index contributed by atoms with van der Waals surface area (Å²) >= 11 is 0. The number of nitrogens with zero attached hydrogens (tertiary/aromatic N) is 3. The molecular formula is C14H16FN3O2. The van der Waals surface area contributed by atoms with Gasteiger partial charge in [0.25, 0.3) is 0 Å². The number of hydrogen-bond acceptors (Lipinski definition) is 4. The van der Waals surface area contributed by atoms with Crippen molar-refractivity contribution in [2.24, 2.45) is 12.2 Å². The van der Waals surface area contributed by atoms with Crippen LogP contribution in [0.25, 0.3) is 0 Å². The number of aryl methyl sites for hydroxylation is 1. The fraction of sp³-hybridized carbons (Fsp3) is 0.286. The van der Waals surface area contributed by atoms with Gasteiger partial charge in [-0.15, -0.1) is 0 Å². The third-order valence-electron chi connectivity index (χ3n) is 2.58. The second-order valence-electron chi connectivity index (χ2n) is 4.21. The van der Waals surface area contributed by atoms with Crippen molar-refractivity contribution >= 4 is 5.71 Å². The average Bonchev–Trinajstić information content (AvgIpc) is 2.87. The first-order valence-electron chi connectivity index (χ1n) is 6.19. The van der Waals surface area contributed by atoms with Crippen molar-refractivity contribution < 1.29 is 14.0 Å². The fourth-order valence-corrected chi connectivity index (χ4v) is 1.53. The molecule has 0 radical (unpaired) electrons. The predicted octanol–water partition coefficient (Wildman–Crippen LogP) is 2.38. The average molecular weight is 277 g/mol. The molecule has 6 heteroatoms. The molecule has 0 amide bonds. The van der Waals surface area contributed by atoms with Crippen molar-refractivity contribution in [1.29, 1.82) is 0 Å². The minimum absolute atomic E-state index is 0.287. The quantitative estimate of drug-likeness (QED) is 0.463. The Morgan fingerprint density at radius 2 is 2.05 bits per heavy atom. The Kier molecular flexibility index (Phi) is 4.70. The van der Waals surface area contributed by atoms with Crippen LogP contribution in [-0.2, 0) is 11.9 Å². The van der Waals surface area contributed by atoms with Crippen LogP contribution in [0.5, 0.6) is 5.75 Å². The fourth-order valence-electron chi connectivity index (χ4n) is 1.53. The Hall–Kier alpha value is -2.37. The lowest BCUT2D eigenvalue weighted by Gasteiger charge is -2.05. The summed E-state index contributed by atoms with van der Waals surface area (Å²) in [4.78, 5) is 5.16. The molecule has 5 nitrogen and oxygen atoms in total. The molecule has 1 aromatic carbocycles. The summed E-state index contributed by atoms with van der Waals surface area (Å²) in [7, 11) is 1.84. The molecule has 0 saturated carbocycles. The molecule has 1 heterocycles. The first kappa shape index (κ1) is 14.0. The zero-order valence-corrected chi connectivity index (χ0v) is 11.4. The Morgan fingerprint density at radius 3 is 2.70 bits per heavy atom. The summed E-state index contributed by atoms with van der Waals surface area (Å²) in [6, 6.07) is 5.83. The summed E-state index contributed by atoms with van der Waals surface area (Å²) in [5.41, 5.74) is 1.66. The maximum atomic E-state index is 12.7. The van der Waals surface area contributed by atoms with Crippen molar-refractivity contribution in [3.63, 3.8) is 0 Å². The highest BCUT2D eigenvalue weighted by Crippen LogP contribution is 2.10. The van der Waals surface area contributed by atoms with Gasteiger partial charge >= 0.3 is 0 Å². The monoisotopic (exact) mass is 277 g/mol. The maximum Gasteiger partial charge on any atom is 0.151 e. The lowest BCUT2D eigenvalue weighted by Crippen LogP contribution is -2.05. The molecule has 0 spiro atoms. The summed E-state index contributed by atoms with van der Waals surface area (Å²) in [5.74, 6) is 0.313. The van der Waals surface area contributed by atoms with Crippen molar-refractivity contribution in [3.05, 3.63) is 48.0 Å². The third kappa shape index (κ3) is 4.08. The zero-order valence-electron chi connectivity index (χ0n) is 11.4. The molecule has 106 valence electrons. The first-order chi connectivity index (χ1) is 9.65. The minimum atomic E-state index is -0.287. The number of halogens is 1. The van der Waals surface area contributed by atoms with E-state index < -0.39 is 0 Å². The molecule has 2 aromatic rings. The van der Waals surface area contributed by atoms with E-state index in [9.17, 15) is 4.39 Å². The van der Waals surface area contributed by atoms with E-state index in [2.05, 4.69) is 10.3 Å². The normalized spacial score (nSPS) is 11.4. The van der Waals surface area contributed by atoms with Gasteiger partial charge in [-0.1, -0.05) is 5.16 Å². The van der Waals surface area contributed by atoms with Crippen molar-refractivity contribution in [1.82, 2.24) is 9.78 Å². The van der Waals surface area contributed by atoms with Crippen molar-refractivity contribution in [2.75, 3.05) is 13.2 Å². The molecule has 0 aliphatic rings. The van der Waals surface area contributed by atoms with Crippen molar-refractivity contribution in [3.8, 4) is 5.75 Å². The van der Waals surface area contributed by atoms with Gasteiger partial charge in [0.15, 0.2) is 6.61 Å². The zero-order chi connectivity index (χ0) is 14.4. The molecule has 0 bridgehead atoms. The third-order valence-corrected chi connectivity index (χ3v) is 2.58. The molecule has 0 atom stereocenters. The number of ether oxygens (including phenoxy) is 1. The SMILES string of the molecule is C/C(=N\OCCOc1ccc(F)cc1)c1cnn(C)c1. The van der Waals surface area contributed by atoms with Gasteiger partial charge in [0.2, 0.25) is 0 Å². The van der Waals surface area contributed by atoms with E-state index in [0.717, 1.165) is 11.3 Å². The van der Waals surface area contributed by atoms with Crippen LogP contribution in [0.4, 0.5) is 4.39 Å². The molecule has 0 unspecified atom stereocenters. The van der Waals surface area contributed by atoms with Gasteiger partial charge in [0.05, 0.1) is 11.9 Å². The van der Waals surface area contributed by atoms with Crippen molar-refractivity contribution in [2.45, 2.75) is 6.92 Å². The Bertz CT molecular complexity index is 578. The highest BCUT2D eigenvalue weighted by atomic mass is 19.1. The Labute approximate surface area is 116 Å². The van der Waals surface area contributed by atoms with Crippen LogP contribution < -0.4 is 4.74 Å². The van der Waals surface area contributed by atoms with Crippen LogP contribution in [0.15, 0.2) is 41.8 Å². The Morgan fingerprint density at radius 1 is 1.30 bits per heavy atom. The van der Waals surface area contributed by atoms with E-state index in [4.69, 9.17) is 9.57 Å². The molecule has 0 aliphatic carbocycles. The molecule has 20 heavy (non-hydrogen) atoms. The van der Waals surface area contributed by atoms with Gasteiger partial charge in [-0.3, -0.25) is 4.68 Å². The van der Waals surface area contributed by atoms with E-state index in [1.54, 1.807) is 23.0 Å². The van der Waals surface area contributed by atoms with Crippen LogP contribution in [0.1, 0.15) is 12.5 Å². The molecular weight excluding hydrogens is 261 g/mol. The van der Waals surface area contributed by atoms with E-state index in [1.807, 2.05) is 20.2 Å². The number of benzene rings is 1. The minimum Gasteiger partial charge on any atom is -0.490 e. The predicted molar refractivity (Wildman–Crippen MR) is 73.3 cm³/mol. The molecule has 0 fully saturated rings. The van der Waals surface area contributed by atoms with Gasteiger partial charge in [-0.25, -0.2) is 4.39 Å². The number of rotatable bonds is 6. The maximum absolute atomic E-state index is 12.7. The Balaban J connectivity index is 1.72. The lowest BCUT2D eigenvalue weighted by atomic mass is 10.2. The van der Waals surface area contributed by atoms with Gasteiger partial charge in [-0.2, -0.15) is 5.10 Å². The van der Waals surface area contributed by atoms with E-state index >= 15 is 0 Å². The molecule has 0 N–H and O–H groups in total. The summed E-state index contributed by atoms with van der Waals surface area (Å²) in [6.45, 7) is 2.50.